The van der Waals surface area contributed by atoms with Crippen LogP contribution in [0.5, 0.6) is 17.2 Å². The molecule has 2 aliphatic heterocycles. The van der Waals surface area contributed by atoms with Gasteiger partial charge in [-0.2, -0.15) is 0 Å². The minimum atomic E-state index is 0.339. The third-order valence-corrected chi connectivity index (χ3v) is 5.02. The largest absolute Gasteiger partial charge is 0.493 e. The summed E-state index contributed by atoms with van der Waals surface area (Å²) in [5.74, 6) is 2.27. The average Bonchev–Trinajstić information content (AvgIpc) is 2.88. The van der Waals surface area contributed by atoms with E-state index in [-0.39, 0.29) is 0 Å². The van der Waals surface area contributed by atoms with E-state index in [1.807, 2.05) is 0 Å². The highest BCUT2D eigenvalue weighted by Gasteiger charge is 2.32. The van der Waals surface area contributed by atoms with E-state index in [0.717, 1.165) is 37.7 Å². The molecule has 0 amide bonds. The molecule has 0 aromatic heterocycles. The van der Waals surface area contributed by atoms with Crippen molar-refractivity contribution in [3.05, 3.63) is 17.2 Å². The Labute approximate surface area is 138 Å². The molecular formula is C18H28N2O3. The van der Waals surface area contributed by atoms with Gasteiger partial charge in [0.25, 0.3) is 0 Å². The summed E-state index contributed by atoms with van der Waals surface area (Å²) in [6.45, 7) is 4.11. The highest BCUT2D eigenvalue weighted by atomic mass is 16.5. The molecule has 128 valence electrons. The van der Waals surface area contributed by atoms with Gasteiger partial charge in [-0.15, -0.1) is 0 Å². The average molecular weight is 320 g/mol. The van der Waals surface area contributed by atoms with Gasteiger partial charge in [-0.3, -0.25) is 4.90 Å². The normalized spacial score (nSPS) is 22.1. The van der Waals surface area contributed by atoms with E-state index in [4.69, 9.17) is 14.2 Å². The summed E-state index contributed by atoms with van der Waals surface area (Å²) in [6, 6.07) is 2.43. The molecule has 5 heteroatoms. The van der Waals surface area contributed by atoms with Crippen LogP contribution >= 0.6 is 0 Å². The number of hydrogen-bond acceptors (Lipinski definition) is 5. The lowest BCUT2D eigenvalue weighted by Crippen LogP contribution is -2.40. The van der Waals surface area contributed by atoms with Crippen molar-refractivity contribution in [2.75, 3.05) is 41.0 Å². The van der Waals surface area contributed by atoms with E-state index in [0.29, 0.717) is 11.8 Å². The molecule has 1 saturated heterocycles. The predicted molar refractivity (Wildman–Crippen MR) is 90.6 cm³/mol. The smallest absolute Gasteiger partial charge is 0.203 e. The van der Waals surface area contributed by atoms with E-state index in [1.165, 1.54) is 36.8 Å². The first-order valence-corrected chi connectivity index (χ1v) is 8.56. The molecule has 1 aromatic rings. The molecule has 3 rings (SSSR count). The Balaban J connectivity index is 2.05. The van der Waals surface area contributed by atoms with Gasteiger partial charge in [0.2, 0.25) is 5.75 Å². The zero-order valence-electron chi connectivity index (χ0n) is 14.5. The summed E-state index contributed by atoms with van der Waals surface area (Å²) in [7, 11) is 5.07. The summed E-state index contributed by atoms with van der Waals surface area (Å²) in [5, 5.41) is 3.56. The second-order valence-electron chi connectivity index (χ2n) is 6.32. The zero-order valence-corrected chi connectivity index (χ0v) is 14.5. The predicted octanol–water partition coefficient (Wildman–Crippen LogP) is 2.73. The summed E-state index contributed by atoms with van der Waals surface area (Å²) in [6.07, 6.45) is 5.24. The van der Waals surface area contributed by atoms with E-state index < -0.39 is 0 Å². The van der Waals surface area contributed by atoms with Crippen LogP contribution < -0.4 is 19.5 Å². The van der Waals surface area contributed by atoms with Crippen LogP contribution in [0.2, 0.25) is 0 Å². The van der Waals surface area contributed by atoms with Crippen LogP contribution in [0.15, 0.2) is 6.07 Å². The number of nitrogens with one attached hydrogen (secondary N) is 1. The lowest BCUT2D eigenvalue weighted by Gasteiger charge is -2.37. The zero-order chi connectivity index (χ0) is 16.2. The van der Waals surface area contributed by atoms with Gasteiger partial charge in [-0.05, 0) is 37.6 Å². The van der Waals surface area contributed by atoms with Crippen LogP contribution in [0.3, 0.4) is 0 Å². The van der Waals surface area contributed by atoms with Gasteiger partial charge in [-0.1, -0.05) is 12.8 Å². The first kappa shape index (κ1) is 16.4. The molecule has 23 heavy (non-hydrogen) atoms. The Hall–Kier alpha value is -1.46. The lowest BCUT2D eigenvalue weighted by molar-refractivity contribution is 0.186. The van der Waals surface area contributed by atoms with Gasteiger partial charge < -0.3 is 19.5 Å². The Kier molecular flexibility index (Phi) is 5.28. The molecule has 1 aromatic carbocycles. The van der Waals surface area contributed by atoms with Crippen LogP contribution in [0.1, 0.15) is 42.9 Å². The summed E-state index contributed by atoms with van der Waals surface area (Å²) in [4.78, 5) is 2.60. The van der Waals surface area contributed by atoms with Crippen molar-refractivity contribution in [3.63, 3.8) is 0 Å². The second kappa shape index (κ2) is 7.41. The van der Waals surface area contributed by atoms with Crippen molar-refractivity contribution in [1.29, 1.82) is 0 Å². The molecule has 2 aliphatic rings. The van der Waals surface area contributed by atoms with Gasteiger partial charge in [0, 0.05) is 18.7 Å². The lowest BCUT2D eigenvalue weighted by atomic mass is 9.93. The molecule has 0 bridgehead atoms. The van der Waals surface area contributed by atoms with Crippen molar-refractivity contribution < 1.29 is 14.2 Å². The van der Waals surface area contributed by atoms with Gasteiger partial charge in [-0.25, -0.2) is 0 Å². The van der Waals surface area contributed by atoms with Crippen molar-refractivity contribution in [2.45, 2.75) is 38.3 Å². The second-order valence-corrected chi connectivity index (χ2v) is 6.32. The van der Waals surface area contributed by atoms with E-state index in [9.17, 15) is 0 Å². The third-order valence-electron chi connectivity index (χ3n) is 5.02. The van der Waals surface area contributed by atoms with Gasteiger partial charge in [0.1, 0.15) is 0 Å². The van der Waals surface area contributed by atoms with Gasteiger partial charge in [0.05, 0.1) is 27.4 Å². The van der Waals surface area contributed by atoms with Crippen molar-refractivity contribution in [2.24, 2.45) is 0 Å². The maximum atomic E-state index is 5.77. The number of fused-ring (bicyclic) bond motifs is 1. The molecular weight excluding hydrogens is 292 g/mol. The number of nitrogens with zero attached hydrogens (tertiary/aromatic N) is 1. The molecule has 0 saturated carbocycles. The van der Waals surface area contributed by atoms with Crippen LogP contribution in [-0.2, 0) is 6.54 Å². The standard InChI is InChI=1S/C18H28N2O3/c1-21-15-10-13-11-19-12-14(20-8-6-4-5-7-9-20)16(13)18(23-3)17(15)22-2/h10,14,19H,4-9,11-12H2,1-3H3/t14-/m1/s1. The van der Waals surface area contributed by atoms with E-state index in [2.05, 4.69) is 16.3 Å². The van der Waals surface area contributed by atoms with Crippen LogP contribution in [0.25, 0.3) is 0 Å². The Bertz CT molecular complexity index is 540. The van der Waals surface area contributed by atoms with Crippen LogP contribution in [0.4, 0.5) is 0 Å². The summed E-state index contributed by atoms with van der Waals surface area (Å²) in [5.41, 5.74) is 2.52. The summed E-state index contributed by atoms with van der Waals surface area (Å²) < 4.78 is 16.9. The van der Waals surface area contributed by atoms with Gasteiger partial charge in [0.15, 0.2) is 11.5 Å². The van der Waals surface area contributed by atoms with Gasteiger partial charge >= 0.3 is 0 Å². The summed E-state index contributed by atoms with van der Waals surface area (Å²) >= 11 is 0. The fourth-order valence-electron chi connectivity index (χ4n) is 3.90. The Morgan fingerprint density at radius 2 is 1.65 bits per heavy atom. The first-order chi connectivity index (χ1) is 11.3. The molecule has 5 nitrogen and oxygen atoms in total. The molecule has 0 spiro atoms. The maximum absolute atomic E-state index is 5.77. The van der Waals surface area contributed by atoms with Crippen LogP contribution in [0, 0.1) is 0 Å². The monoisotopic (exact) mass is 320 g/mol. The van der Waals surface area contributed by atoms with E-state index >= 15 is 0 Å². The molecule has 1 atom stereocenters. The molecule has 0 aliphatic carbocycles. The third kappa shape index (κ3) is 3.12. The number of ether oxygens (including phenoxy) is 3. The SMILES string of the molecule is COc1cc2c(c(OC)c1OC)[C@H](N1CCCCCC1)CNC2. The Morgan fingerprint density at radius 1 is 0.957 bits per heavy atom. The highest BCUT2D eigenvalue weighted by Crippen LogP contribution is 2.46. The number of benzene rings is 1. The number of hydrogen-bond donors (Lipinski definition) is 1. The van der Waals surface area contributed by atoms with Crippen molar-refractivity contribution in [3.8, 4) is 17.2 Å². The maximum Gasteiger partial charge on any atom is 0.203 e. The van der Waals surface area contributed by atoms with Crippen molar-refractivity contribution >= 4 is 0 Å². The highest BCUT2D eigenvalue weighted by molar-refractivity contribution is 5.60. The number of likely N-dealkylation sites (tertiary alicyclic amines) is 1. The quantitative estimate of drug-likeness (QED) is 0.924. The van der Waals surface area contributed by atoms with E-state index in [1.54, 1.807) is 21.3 Å². The Morgan fingerprint density at radius 3 is 2.26 bits per heavy atom. The number of rotatable bonds is 4. The molecule has 0 radical (unpaired) electrons. The minimum Gasteiger partial charge on any atom is -0.493 e. The van der Waals surface area contributed by atoms with Crippen molar-refractivity contribution in [1.82, 2.24) is 10.2 Å². The number of methoxy groups -OCH3 is 3. The molecule has 1 fully saturated rings. The molecule has 1 N–H and O–H groups in total. The fourth-order valence-corrected chi connectivity index (χ4v) is 3.90. The van der Waals surface area contributed by atoms with Crippen LogP contribution in [-0.4, -0.2) is 45.9 Å². The minimum absolute atomic E-state index is 0.339. The first-order valence-electron chi connectivity index (χ1n) is 8.56. The topological polar surface area (TPSA) is 43.0 Å². The molecule has 0 unspecified atom stereocenters. The fraction of sp³-hybridized carbons (Fsp3) is 0.667. The molecule has 2 heterocycles.